The van der Waals surface area contributed by atoms with Gasteiger partial charge in [0.05, 0.1) is 5.69 Å². The number of thioether (sulfide) groups is 1. The molecule has 0 aromatic carbocycles. The summed E-state index contributed by atoms with van der Waals surface area (Å²) in [4.78, 5) is 8.87. The van der Waals surface area contributed by atoms with Gasteiger partial charge in [-0.15, -0.1) is 11.8 Å². The topological polar surface area (TPSA) is 37.8 Å². The Labute approximate surface area is 82.4 Å². The van der Waals surface area contributed by atoms with Crippen molar-refractivity contribution in [1.82, 2.24) is 15.3 Å². The van der Waals surface area contributed by atoms with E-state index in [4.69, 9.17) is 0 Å². The average molecular weight is 195 g/mol. The first-order chi connectivity index (χ1) is 6.31. The van der Waals surface area contributed by atoms with Crippen LogP contribution in [0.15, 0.2) is 5.03 Å². The van der Waals surface area contributed by atoms with Gasteiger partial charge in [-0.25, -0.2) is 9.97 Å². The van der Waals surface area contributed by atoms with Gasteiger partial charge < -0.3 is 5.32 Å². The summed E-state index contributed by atoms with van der Waals surface area (Å²) in [5.41, 5.74) is 2.53. The lowest BCUT2D eigenvalue weighted by Crippen LogP contribution is -2.26. The van der Waals surface area contributed by atoms with Crippen LogP contribution in [0.4, 0.5) is 0 Å². The van der Waals surface area contributed by atoms with E-state index in [1.54, 1.807) is 11.8 Å². The van der Waals surface area contributed by atoms with E-state index >= 15 is 0 Å². The number of fused-ring (bicyclic) bond motifs is 1. The number of aromatic nitrogens is 2. The molecular weight excluding hydrogens is 182 g/mol. The summed E-state index contributed by atoms with van der Waals surface area (Å²) in [6, 6.07) is 0. The van der Waals surface area contributed by atoms with E-state index in [1.165, 1.54) is 11.3 Å². The second kappa shape index (κ2) is 3.64. The molecule has 0 aliphatic carbocycles. The standard InChI is InChI=1S/C9H13N3S/c1-6-11-8-3-4-10-5-7(8)9(12-6)13-2/h10H,3-5H2,1-2H3. The molecular formula is C9H13N3S. The zero-order valence-electron chi connectivity index (χ0n) is 7.92. The molecule has 13 heavy (non-hydrogen) atoms. The molecule has 0 atom stereocenters. The predicted octanol–water partition coefficient (Wildman–Crippen LogP) is 1.15. The highest BCUT2D eigenvalue weighted by Gasteiger charge is 2.15. The Kier molecular flexibility index (Phi) is 2.51. The number of aryl methyl sites for hydroxylation is 1. The normalized spacial score (nSPS) is 15.5. The number of rotatable bonds is 1. The van der Waals surface area contributed by atoms with Gasteiger partial charge in [0.2, 0.25) is 0 Å². The highest BCUT2D eigenvalue weighted by molar-refractivity contribution is 7.98. The molecule has 3 nitrogen and oxygen atoms in total. The van der Waals surface area contributed by atoms with Crippen molar-refractivity contribution in [2.75, 3.05) is 12.8 Å². The average Bonchev–Trinajstić information content (AvgIpc) is 2.16. The molecule has 2 heterocycles. The van der Waals surface area contributed by atoms with Crippen LogP contribution >= 0.6 is 11.8 Å². The van der Waals surface area contributed by atoms with E-state index in [-0.39, 0.29) is 0 Å². The molecule has 2 rings (SSSR count). The molecule has 0 bridgehead atoms. The largest absolute Gasteiger partial charge is 0.312 e. The van der Waals surface area contributed by atoms with Gasteiger partial charge in [-0.05, 0) is 13.2 Å². The van der Waals surface area contributed by atoms with Crippen molar-refractivity contribution in [3.63, 3.8) is 0 Å². The molecule has 70 valence electrons. The summed E-state index contributed by atoms with van der Waals surface area (Å²) < 4.78 is 0. The number of nitrogens with one attached hydrogen (secondary N) is 1. The highest BCUT2D eigenvalue weighted by Crippen LogP contribution is 2.22. The van der Waals surface area contributed by atoms with Gasteiger partial charge in [0.15, 0.2) is 0 Å². The van der Waals surface area contributed by atoms with Crippen LogP contribution in [0.2, 0.25) is 0 Å². The number of hydrogen-bond donors (Lipinski definition) is 1. The summed E-state index contributed by atoms with van der Waals surface area (Å²) in [5.74, 6) is 0.894. The maximum atomic E-state index is 4.46. The van der Waals surface area contributed by atoms with Crippen LogP contribution in [0, 0.1) is 6.92 Å². The third kappa shape index (κ3) is 1.69. The van der Waals surface area contributed by atoms with Gasteiger partial charge in [-0.3, -0.25) is 0 Å². The molecule has 0 spiro atoms. The summed E-state index contributed by atoms with van der Waals surface area (Å²) >= 11 is 1.71. The molecule has 1 aromatic rings. The fourth-order valence-electron chi connectivity index (χ4n) is 1.60. The van der Waals surface area contributed by atoms with E-state index in [9.17, 15) is 0 Å². The first-order valence-electron chi connectivity index (χ1n) is 4.42. The molecule has 0 fully saturated rings. The molecule has 0 saturated heterocycles. The Morgan fingerprint density at radius 2 is 2.23 bits per heavy atom. The molecule has 0 radical (unpaired) electrons. The van der Waals surface area contributed by atoms with Crippen LogP contribution in [-0.2, 0) is 13.0 Å². The Balaban J connectivity index is 2.50. The van der Waals surface area contributed by atoms with Crippen LogP contribution in [0.25, 0.3) is 0 Å². The lowest BCUT2D eigenvalue weighted by atomic mass is 10.1. The first-order valence-corrected chi connectivity index (χ1v) is 5.65. The lowest BCUT2D eigenvalue weighted by Gasteiger charge is -2.18. The molecule has 1 aliphatic rings. The summed E-state index contributed by atoms with van der Waals surface area (Å²) in [5, 5.41) is 4.48. The predicted molar refractivity (Wildman–Crippen MR) is 54.0 cm³/mol. The monoisotopic (exact) mass is 195 g/mol. The lowest BCUT2D eigenvalue weighted by molar-refractivity contribution is 0.607. The van der Waals surface area contributed by atoms with E-state index in [0.29, 0.717) is 0 Å². The summed E-state index contributed by atoms with van der Waals surface area (Å²) in [6.45, 7) is 3.92. The van der Waals surface area contributed by atoms with Gasteiger partial charge in [0.25, 0.3) is 0 Å². The maximum absolute atomic E-state index is 4.46. The molecule has 0 unspecified atom stereocenters. The molecule has 0 amide bonds. The smallest absolute Gasteiger partial charge is 0.126 e. The highest BCUT2D eigenvalue weighted by atomic mass is 32.2. The van der Waals surface area contributed by atoms with Crippen molar-refractivity contribution in [1.29, 1.82) is 0 Å². The van der Waals surface area contributed by atoms with Crippen molar-refractivity contribution in [3.05, 3.63) is 17.1 Å². The molecule has 4 heteroatoms. The van der Waals surface area contributed by atoms with Crippen LogP contribution in [-0.4, -0.2) is 22.8 Å². The van der Waals surface area contributed by atoms with Crippen molar-refractivity contribution < 1.29 is 0 Å². The second-order valence-electron chi connectivity index (χ2n) is 3.13. The second-order valence-corrected chi connectivity index (χ2v) is 3.93. The van der Waals surface area contributed by atoms with Gasteiger partial charge >= 0.3 is 0 Å². The number of nitrogens with zero attached hydrogens (tertiary/aromatic N) is 2. The fourth-order valence-corrected chi connectivity index (χ4v) is 2.26. The van der Waals surface area contributed by atoms with Crippen LogP contribution in [0.3, 0.4) is 0 Å². The molecule has 1 N–H and O–H groups in total. The Bertz CT molecular complexity index is 308. The van der Waals surface area contributed by atoms with Crippen molar-refractivity contribution in [3.8, 4) is 0 Å². The Morgan fingerprint density at radius 3 is 3.00 bits per heavy atom. The zero-order chi connectivity index (χ0) is 9.26. The van der Waals surface area contributed by atoms with Gasteiger partial charge in [-0.1, -0.05) is 0 Å². The van der Waals surface area contributed by atoms with Crippen LogP contribution in [0.5, 0.6) is 0 Å². The van der Waals surface area contributed by atoms with Crippen LogP contribution < -0.4 is 5.32 Å². The zero-order valence-corrected chi connectivity index (χ0v) is 8.74. The van der Waals surface area contributed by atoms with Crippen molar-refractivity contribution in [2.45, 2.75) is 24.9 Å². The quantitative estimate of drug-likeness (QED) is 0.539. The third-order valence-electron chi connectivity index (χ3n) is 2.20. The van der Waals surface area contributed by atoms with Crippen LogP contribution in [0.1, 0.15) is 17.1 Å². The molecule has 0 saturated carbocycles. The minimum Gasteiger partial charge on any atom is -0.312 e. The first kappa shape index (κ1) is 8.97. The minimum absolute atomic E-state index is 0.894. The van der Waals surface area contributed by atoms with Gasteiger partial charge in [0, 0.05) is 25.1 Å². The van der Waals surface area contributed by atoms with E-state index in [2.05, 4.69) is 21.5 Å². The maximum Gasteiger partial charge on any atom is 0.126 e. The molecule has 1 aromatic heterocycles. The molecule has 1 aliphatic heterocycles. The van der Waals surface area contributed by atoms with E-state index in [0.717, 1.165) is 30.4 Å². The van der Waals surface area contributed by atoms with E-state index in [1.807, 2.05) is 6.92 Å². The van der Waals surface area contributed by atoms with Gasteiger partial charge in [-0.2, -0.15) is 0 Å². The SMILES string of the molecule is CSc1nc(C)nc2c1CNCC2. The summed E-state index contributed by atoms with van der Waals surface area (Å²) in [7, 11) is 0. The van der Waals surface area contributed by atoms with Crippen molar-refractivity contribution >= 4 is 11.8 Å². The van der Waals surface area contributed by atoms with Gasteiger partial charge in [0.1, 0.15) is 10.9 Å². The Morgan fingerprint density at radius 1 is 1.38 bits per heavy atom. The fraction of sp³-hybridized carbons (Fsp3) is 0.556. The minimum atomic E-state index is 0.894. The van der Waals surface area contributed by atoms with Crippen molar-refractivity contribution in [2.24, 2.45) is 0 Å². The number of hydrogen-bond acceptors (Lipinski definition) is 4. The Hall–Kier alpha value is -0.610. The summed E-state index contributed by atoms with van der Waals surface area (Å²) in [6.07, 6.45) is 3.10. The van der Waals surface area contributed by atoms with E-state index < -0.39 is 0 Å². The third-order valence-corrected chi connectivity index (χ3v) is 2.92.